The topological polar surface area (TPSA) is 131 Å². The molecule has 1 aromatic heterocycles. The van der Waals surface area contributed by atoms with Crippen LogP contribution in [0.1, 0.15) is 6.92 Å². The molecule has 0 amide bonds. The van der Waals surface area contributed by atoms with Crippen LogP contribution in [0.2, 0.25) is 0 Å². The van der Waals surface area contributed by atoms with Gasteiger partial charge in [-0.2, -0.15) is 23.8 Å². The van der Waals surface area contributed by atoms with E-state index < -0.39 is 27.6 Å². The molecule has 9 nitrogen and oxygen atoms in total. The summed E-state index contributed by atoms with van der Waals surface area (Å²) in [6.45, 7) is 1.32. The maximum atomic E-state index is 11.4. The number of H-pyrrole nitrogens is 1. The number of fused-ring (bicyclic) bond motifs is 1. The fraction of sp³-hybridized carbons (Fsp3) is 0.300. The Labute approximate surface area is 135 Å². The smallest absolute Gasteiger partial charge is 0.344 e. The van der Waals surface area contributed by atoms with Crippen molar-refractivity contribution in [1.82, 2.24) is 15.4 Å². The van der Waals surface area contributed by atoms with E-state index in [-0.39, 0.29) is 45.8 Å². The molecule has 0 saturated heterocycles. The van der Waals surface area contributed by atoms with Gasteiger partial charge in [-0.3, -0.25) is 4.55 Å². The third-order valence-corrected chi connectivity index (χ3v) is 3.23. The molecule has 119 valence electrons. The van der Waals surface area contributed by atoms with Crippen molar-refractivity contribution in [3.63, 3.8) is 0 Å². The number of nitrogens with zero attached hydrogens (tertiary/aromatic N) is 2. The number of hydrogen-bond donors (Lipinski definition) is 2. The van der Waals surface area contributed by atoms with Crippen LogP contribution in [0.5, 0.6) is 5.75 Å². The summed E-state index contributed by atoms with van der Waals surface area (Å²) in [6, 6.07) is 2.71. The fourth-order valence-corrected chi connectivity index (χ4v) is 2.35. The van der Waals surface area contributed by atoms with E-state index in [4.69, 9.17) is 4.74 Å². The van der Waals surface area contributed by atoms with E-state index in [1.54, 1.807) is 6.92 Å². The summed E-state index contributed by atoms with van der Waals surface area (Å²) in [7, 11) is -4.59. The Morgan fingerprint density at radius 1 is 1.38 bits per heavy atom. The standard InChI is InChI=1S/C10H11N3O6S.Ag/c1-2-18-8(14)5-19-7-4-3-6-9(12-13-11-6)10(7)20(15,16)17;/h3-4H,2,5H2,1H3,(H,11,12,13)(H,15,16,17);. The molecule has 2 N–H and O–H groups in total. The fourth-order valence-electron chi connectivity index (χ4n) is 1.57. The zero-order chi connectivity index (χ0) is 14.8. The molecule has 11 heteroatoms. The van der Waals surface area contributed by atoms with Gasteiger partial charge >= 0.3 is 16.1 Å². The van der Waals surface area contributed by atoms with Crippen molar-refractivity contribution >= 4 is 27.1 Å². The number of aromatic nitrogens is 3. The van der Waals surface area contributed by atoms with Crippen molar-refractivity contribution in [3.05, 3.63) is 12.1 Å². The summed E-state index contributed by atoms with van der Waals surface area (Å²) >= 11 is 0. The van der Waals surface area contributed by atoms with E-state index in [0.717, 1.165) is 0 Å². The van der Waals surface area contributed by atoms with Crippen LogP contribution in [0, 0.1) is 0 Å². The molecule has 2 aromatic rings. The van der Waals surface area contributed by atoms with Gasteiger partial charge in [-0.15, -0.1) is 0 Å². The minimum Gasteiger partial charge on any atom is -0.480 e. The molecule has 0 spiro atoms. The number of benzene rings is 1. The third kappa shape index (κ3) is 4.02. The van der Waals surface area contributed by atoms with Crippen LogP contribution < -0.4 is 4.74 Å². The Morgan fingerprint density at radius 2 is 2.10 bits per heavy atom. The molecular formula is C10H11AgN3O6S. The van der Waals surface area contributed by atoms with Gasteiger partial charge in [0.2, 0.25) is 0 Å². The monoisotopic (exact) mass is 408 g/mol. The number of carbonyl (C=O) groups is 1. The minimum absolute atomic E-state index is 0. The number of esters is 1. The maximum Gasteiger partial charge on any atom is 0.344 e. The van der Waals surface area contributed by atoms with Gasteiger partial charge in [0, 0.05) is 22.4 Å². The van der Waals surface area contributed by atoms with Gasteiger partial charge in [0.25, 0.3) is 0 Å². The summed E-state index contributed by atoms with van der Waals surface area (Å²) in [6.07, 6.45) is 0. The van der Waals surface area contributed by atoms with Crippen LogP contribution in [0.15, 0.2) is 17.0 Å². The predicted octanol–water partition coefficient (Wildman–Crippen LogP) is 0.144. The number of ether oxygens (including phenoxy) is 2. The summed E-state index contributed by atoms with van der Waals surface area (Å²) in [4.78, 5) is 10.6. The van der Waals surface area contributed by atoms with E-state index in [2.05, 4.69) is 20.1 Å². The minimum atomic E-state index is -4.59. The molecule has 0 saturated carbocycles. The molecule has 0 aliphatic heterocycles. The van der Waals surface area contributed by atoms with E-state index in [1.807, 2.05) is 0 Å². The van der Waals surface area contributed by atoms with Gasteiger partial charge < -0.3 is 9.47 Å². The first kappa shape index (κ1) is 17.6. The normalized spacial score (nSPS) is 11.0. The Balaban J connectivity index is 0.00000220. The second kappa shape index (κ2) is 7.00. The SMILES string of the molecule is CCOC(=O)COc1ccc2n[nH]nc2c1S(=O)(=O)O.[Ag]. The quantitative estimate of drug-likeness (QED) is 0.405. The van der Waals surface area contributed by atoms with E-state index in [1.165, 1.54) is 12.1 Å². The van der Waals surface area contributed by atoms with Gasteiger partial charge in [0.1, 0.15) is 16.8 Å². The van der Waals surface area contributed by atoms with Crippen LogP contribution in [-0.2, 0) is 42.0 Å². The van der Waals surface area contributed by atoms with E-state index >= 15 is 0 Å². The molecular weight excluding hydrogens is 398 g/mol. The van der Waals surface area contributed by atoms with Crippen molar-refractivity contribution in [2.75, 3.05) is 13.2 Å². The van der Waals surface area contributed by atoms with Crippen molar-refractivity contribution < 1.29 is 49.6 Å². The van der Waals surface area contributed by atoms with E-state index in [0.29, 0.717) is 0 Å². The largest absolute Gasteiger partial charge is 0.480 e. The molecule has 0 bridgehead atoms. The number of nitrogens with one attached hydrogen (secondary N) is 1. The van der Waals surface area contributed by atoms with E-state index in [9.17, 15) is 17.8 Å². The first-order valence-electron chi connectivity index (χ1n) is 5.53. The number of carbonyl (C=O) groups excluding carboxylic acids is 1. The van der Waals surface area contributed by atoms with Crippen LogP contribution in [0.4, 0.5) is 0 Å². The summed E-state index contributed by atoms with van der Waals surface area (Å²) in [5, 5.41) is 9.58. The first-order chi connectivity index (χ1) is 9.43. The summed E-state index contributed by atoms with van der Waals surface area (Å²) in [5.41, 5.74) is 0.162. The second-order valence-corrected chi connectivity index (χ2v) is 5.01. The molecule has 2 rings (SSSR count). The molecule has 0 aliphatic carbocycles. The molecule has 1 radical (unpaired) electrons. The summed E-state index contributed by atoms with van der Waals surface area (Å²) in [5.74, 6) is -0.865. The number of hydrogen-bond acceptors (Lipinski definition) is 7. The van der Waals surface area contributed by atoms with Gasteiger partial charge in [-0.25, -0.2) is 4.79 Å². The molecule has 0 atom stereocenters. The number of aromatic amines is 1. The number of rotatable bonds is 5. The van der Waals surface area contributed by atoms with Crippen LogP contribution in [0.3, 0.4) is 0 Å². The molecule has 21 heavy (non-hydrogen) atoms. The Bertz CT molecular complexity index is 744. The van der Waals surface area contributed by atoms with Crippen molar-refractivity contribution in [2.24, 2.45) is 0 Å². The van der Waals surface area contributed by atoms with Crippen molar-refractivity contribution in [1.29, 1.82) is 0 Å². The Hall–Kier alpha value is -1.46. The Morgan fingerprint density at radius 3 is 2.71 bits per heavy atom. The average Bonchev–Trinajstić information content (AvgIpc) is 2.82. The maximum absolute atomic E-state index is 11.4. The summed E-state index contributed by atoms with van der Waals surface area (Å²) < 4.78 is 41.8. The Kier molecular flexibility index (Phi) is 5.87. The molecule has 0 unspecified atom stereocenters. The average molecular weight is 409 g/mol. The van der Waals surface area contributed by atoms with Crippen LogP contribution >= 0.6 is 0 Å². The van der Waals surface area contributed by atoms with Gasteiger partial charge in [0.15, 0.2) is 11.5 Å². The molecule has 0 aliphatic rings. The third-order valence-electron chi connectivity index (χ3n) is 2.32. The molecule has 1 aromatic carbocycles. The predicted molar refractivity (Wildman–Crippen MR) is 65.8 cm³/mol. The molecule has 1 heterocycles. The van der Waals surface area contributed by atoms with Gasteiger partial charge in [-0.1, -0.05) is 0 Å². The second-order valence-electron chi connectivity index (χ2n) is 3.65. The molecule has 0 fully saturated rings. The zero-order valence-electron chi connectivity index (χ0n) is 10.7. The van der Waals surface area contributed by atoms with Crippen LogP contribution in [0.25, 0.3) is 11.0 Å². The zero-order valence-corrected chi connectivity index (χ0v) is 13.0. The van der Waals surface area contributed by atoms with Crippen LogP contribution in [-0.4, -0.2) is 47.6 Å². The first-order valence-corrected chi connectivity index (χ1v) is 6.97. The van der Waals surface area contributed by atoms with Crippen molar-refractivity contribution in [2.45, 2.75) is 11.8 Å². The van der Waals surface area contributed by atoms with Gasteiger partial charge in [0.05, 0.1) is 6.61 Å². The van der Waals surface area contributed by atoms with Gasteiger partial charge in [-0.05, 0) is 19.1 Å². The van der Waals surface area contributed by atoms with Crippen molar-refractivity contribution in [3.8, 4) is 5.75 Å².